The van der Waals surface area contributed by atoms with Crippen molar-refractivity contribution in [1.82, 2.24) is 9.97 Å². The molecule has 0 spiro atoms. The van der Waals surface area contributed by atoms with E-state index in [1.165, 1.54) is 18.7 Å². The van der Waals surface area contributed by atoms with Gasteiger partial charge in [0.2, 0.25) is 0 Å². The van der Waals surface area contributed by atoms with Gasteiger partial charge in [0, 0.05) is 23.9 Å². The zero-order valence-electron chi connectivity index (χ0n) is 8.69. The standard InChI is InChI=1S/C11H8FN3O2/c12-10(11(16)17)15-5-2-8(3-6-15)9-1-4-13-7-14-9/h1-7,10H/p+1. The fourth-order valence-electron chi connectivity index (χ4n) is 1.35. The van der Waals surface area contributed by atoms with E-state index in [-0.39, 0.29) is 0 Å². The fourth-order valence-corrected chi connectivity index (χ4v) is 1.35. The monoisotopic (exact) mass is 234 g/mol. The number of alkyl halides is 1. The molecule has 17 heavy (non-hydrogen) atoms. The van der Waals surface area contributed by atoms with Crippen LogP contribution in [0.5, 0.6) is 0 Å². The van der Waals surface area contributed by atoms with Crippen molar-refractivity contribution in [1.29, 1.82) is 0 Å². The van der Waals surface area contributed by atoms with E-state index in [0.29, 0.717) is 5.69 Å². The van der Waals surface area contributed by atoms with Crippen molar-refractivity contribution < 1.29 is 18.9 Å². The topological polar surface area (TPSA) is 67.0 Å². The molecular weight excluding hydrogens is 225 g/mol. The van der Waals surface area contributed by atoms with Crippen LogP contribution in [0.1, 0.15) is 6.30 Å². The summed E-state index contributed by atoms with van der Waals surface area (Å²) < 4.78 is 14.1. The second-order valence-electron chi connectivity index (χ2n) is 3.30. The predicted molar refractivity (Wildman–Crippen MR) is 55.4 cm³/mol. The second-order valence-corrected chi connectivity index (χ2v) is 3.30. The van der Waals surface area contributed by atoms with Crippen LogP contribution in [-0.4, -0.2) is 21.0 Å². The maximum absolute atomic E-state index is 13.1. The molecule has 0 saturated heterocycles. The summed E-state index contributed by atoms with van der Waals surface area (Å²) in [6.45, 7) is 0. The number of carboxylic acid groups (broad SMARTS) is 1. The first-order chi connectivity index (χ1) is 8.18. The van der Waals surface area contributed by atoms with Crippen molar-refractivity contribution in [2.45, 2.75) is 6.30 Å². The molecule has 0 aliphatic carbocycles. The minimum absolute atomic E-state index is 0.692. The maximum Gasteiger partial charge on any atom is 0.409 e. The van der Waals surface area contributed by atoms with Gasteiger partial charge in [-0.25, -0.2) is 14.8 Å². The van der Waals surface area contributed by atoms with Crippen LogP contribution < -0.4 is 4.57 Å². The van der Waals surface area contributed by atoms with Gasteiger partial charge in [0.05, 0.1) is 5.69 Å². The zero-order valence-corrected chi connectivity index (χ0v) is 8.69. The Labute approximate surface area is 96.2 Å². The number of hydrogen-bond donors (Lipinski definition) is 1. The molecule has 6 heteroatoms. The first kappa shape index (κ1) is 11.1. The summed E-state index contributed by atoms with van der Waals surface area (Å²) in [6, 6.07) is 4.90. The normalized spacial score (nSPS) is 12.1. The van der Waals surface area contributed by atoms with E-state index in [1.807, 2.05) is 0 Å². The van der Waals surface area contributed by atoms with E-state index < -0.39 is 12.3 Å². The summed E-state index contributed by atoms with van der Waals surface area (Å²) in [4.78, 5) is 18.3. The summed E-state index contributed by atoms with van der Waals surface area (Å²) in [5.74, 6) is -1.52. The Balaban J connectivity index is 2.28. The highest BCUT2D eigenvalue weighted by molar-refractivity contribution is 5.68. The molecule has 2 aromatic heterocycles. The first-order valence-electron chi connectivity index (χ1n) is 4.82. The molecule has 2 rings (SSSR count). The smallest absolute Gasteiger partial charge is 0.409 e. The lowest BCUT2D eigenvalue weighted by atomic mass is 10.2. The van der Waals surface area contributed by atoms with Gasteiger partial charge in [0.15, 0.2) is 12.4 Å². The van der Waals surface area contributed by atoms with E-state index >= 15 is 0 Å². The van der Waals surface area contributed by atoms with E-state index in [4.69, 9.17) is 5.11 Å². The third-order valence-corrected chi connectivity index (χ3v) is 2.20. The molecule has 2 aromatic rings. The van der Waals surface area contributed by atoms with Crippen LogP contribution in [0.15, 0.2) is 43.1 Å². The molecule has 0 amide bonds. The summed E-state index contributed by atoms with van der Waals surface area (Å²) >= 11 is 0. The molecule has 5 nitrogen and oxygen atoms in total. The van der Waals surface area contributed by atoms with Gasteiger partial charge >= 0.3 is 12.3 Å². The van der Waals surface area contributed by atoms with E-state index in [2.05, 4.69) is 9.97 Å². The third kappa shape index (κ3) is 2.41. The van der Waals surface area contributed by atoms with Crippen LogP contribution in [0.2, 0.25) is 0 Å². The maximum atomic E-state index is 13.1. The van der Waals surface area contributed by atoms with E-state index in [0.717, 1.165) is 10.1 Å². The average Bonchev–Trinajstić information content (AvgIpc) is 2.39. The highest BCUT2D eigenvalue weighted by atomic mass is 19.1. The Hall–Kier alpha value is -2.37. The molecule has 0 fully saturated rings. The Morgan fingerprint density at radius 2 is 2.06 bits per heavy atom. The molecule has 1 atom stereocenters. The molecule has 1 N–H and O–H groups in total. The van der Waals surface area contributed by atoms with Crippen LogP contribution in [0, 0.1) is 0 Å². The van der Waals surface area contributed by atoms with Gasteiger partial charge in [-0.15, -0.1) is 0 Å². The first-order valence-corrected chi connectivity index (χ1v) is 4.82. The second kappa shape index (κ2) is 4.65. The van der Waals surface area contributed by atoms with Crippen molar-refractivity contribution in [2.24, 2.45) is 0 Å². The van der Waals surface area contributed by atoms with Crippen LogP contribution in [0.4, 0.5) is 4.39 Å². The van der Waals surface area contributed by atoms with E-state index in [9.17, 15) is 9.18 Å². The SMILES string of the molecule is O=C(O)C(F)[n+]1ccc(-c2ccncn2)cc1. The number of hydrogen-bond acceptors (Lipinski definition) is 3. The summed E-state index contributed by atoms with van der Waals surface area (Å²) in [6.07, 6.45) is 3.64. The van der Waals surface area contributed by atoms with Gasteiger partial charge < -0.3 is 5.11 Å². The average molecular weight is 234 g/mol. The Bertz CT molecular complexity index is 516. The molecule has 0 aromatic carbocycles. The quantitative estimate of drug-likeness (QED) is 0.804. The van der Waals surface area contributed by atoms with Crippen molar-refractivity contribution in [2.75, 3.05) is 0 Å². The van der Waals surface area contributed by atoms with Crippen molar-refractivity contribution in [3.63, 3.8) is 0 Å². The molecular formula is C11H9FN3O2+. The molecule has 0 aliphatic heterocycles. The summed E-state index contributed by atoms with van der Waals surface area (Å²) in [5, 5.41) is 8.51. The molecule has 0 bridgehead atoms. The molecule has 0 radical (unpaired) electrons. The van der Waals surface area contributed by atoms with Crippen LogP contribution >= 0.6 is 0 Å². The highest BCUT2D eigenvalue weighted by Gasteiger charge is 2.25. The van der Waals surface area contributed by atoms with Gasteiger partial charge in [-0.05, 0) is 6.07 Å². The Kier molecular flexibility index (Phi) is 3.04. The number of nitrogens with zero attached hydrogens (tertiary/aromatic N) is 3. The van der Waals surface area contributed by atoms with Gasteiger partial charge in [0.1, 0.15) is 6.33 Å². The Morgan fingerprint density at radius 3 is 2.59 bits per heavy atom. The van der Waals surface area contributed by atoms with Gasteiger partial charge in [-0.1, -0.05) is 0 Å². The number of rotatable bonds is 3. The Morgan fingerprint density at radius 1 is 1.35 bits per heavy atom. The van der Waals surface area contributed by atoms with Gasteiger partial charge in [-0.2, -0.15) is 8.96 Å². The van der Waals surface area contributed by atoms with Gasteiger partial charge in [0.25, 0.3) is 0 Å². The van der Waals surface area contributed by atoms with E-state index in [1.54, 1.807) is 24.4 Å². The zero-order chi connectivity index (χ0) is 12.3. The molecule has 0 saturated carbocycles. The highest BCUT2D eigenvalue weighted by Crippen LogP contribution is 2.13. The lowest BCUT2D eigenvalue weighted by molar-refractivity contribution is -0.733. The van der Waals surface area contributed by atoms with Crippen LogP contribution in [-0.2, 0) is 4.79 Å². The van der Waals surface area contributed by atoms with Crippen LogP contribution in [0.25, 0.3) is 11.3 Å². The minimum Gasteiger partial charge on any atom is -0.474 e. The largest absolute Gasteiger partial charge is 0.474 e. The van der Waals surface area contributed by atoms with Crippen molar-refractivity contribution in [3.8, 4) is 11.3 Å². The fraction of sp³-hybridized carbons (Fsp3) is 0.0909. The number of pyridine rings is 1. The predicted octanol–water partition coefficient (Wildman–Crippen LogP) is 0.984. The number of carboxylic acids is 1. The number of carbonyl (C=O) groups is 1. The number of aliphatic carboxylic acids is 1. The number of halogens is 1. The molecule has 1 unspecified atom stereocenters. The third-order valence-electron chi connectivity index (χ3n) is 2.20. The van der Waals surface area contributed by atoms with Crippen molar-refractivity contribution >= 4 is 5.97 Å². The minimum atomic E-state index is -2.07. The molecule has 86 valence electrons. The van der Waals surface area contributed by atoms with Crippen LogP contribution in [0.3, 0.4) is 0 Å². The summed E-state index contributed by atoms with van der Waals surface area (Å²) in [7, 11) is 0. The molecule has 0 aliphatic rings. The van der Waals surface area contributed by atoms with Crippen molar-refractivity contribution in [3.05, 3.63) is 43.1 Å². The number of aromatic nitrogens is 3. The van der Waals surface area contributed by atoms with Gasteiger partial charge in [-0.3, -0.25) is 0 Å². The summed E-state index contributed by atoms with van der Waals surface area (Å²) in [5.41, 5.74) is 1.46. The molecule has 2 heterocycles. The lowest BCUT2D eigenvalue weighted by Crippen LogP contribution is -2.40. The lowest BCUT2D eigenvalue weighted by Gasteiger charge is -2.00.